The van der Waals surface area contributed by atoms with Crippen LogP contribution in [0.4, 0.5) is 9.52 Å². The Balaban J connectivity index is 1.75. The minimum atomic E-state index is -1.000. The van der Waals surface area contributed by atoms with Gasteiger partial charge in [-0.15, -0.1) is 0 Å². The van der Waals surface area contributed by atoms with E-state index in [2.05, 4.69) is 4.98 Å². The monoisotopic (exact) mass is 490 g/mol. The van der Waals surface area contributed by atoms with Crippen molar-refractivity contribution in [2.75, 3.05) is 19.1 Å². The van der Waals surface area contributed by atoms with Crippen molar-refractivity contribution in [1.29, 1.82) is 0 Å². The number of fused-ring (bicyclic) bond motifs is 1. The highest BCUT2D eigenvalue weighted by Crippen LogP contribution is 2.45. The number of aliphatic hydroxyl groups is 1. The summed E-state index contributed by atoms with van der Waals surface area (Å²) in [6, 6.07) is 16.6. The number of Topliss-reactive ketones (excluding diaryl/α,β-unsaturated/α-hetero) is 1. The summed E-state index contributed by atoms with van der Waals surface area (Å²) in [5.74, 6) is -1.58. The number of anilines is 1. The maximum Gasteiger partial charge on any atom is 0.301 e. The summed E-state index contributed by atoms with van der Waals surface area (Å²) in [6.45, 7) is 0. The first kappa shape index (κ1) is 22.5. The van der Waals surface area contributed by atoms with Crippen molar-refractivity contribution in [3.8, 4) is 11.5 Å². The number of hydrogen-bond acceptors (Lipinski definition) is 7. The van der Waals surface area contributed by atoms with Gasteiger partial charge in [0.05, 0.1) is 36.1 Å². The Morgan fingerprint density at radius 2 is 1.74 bits per heavy atom. The van der Waals surface area contributed by atoms with Crippen LogP contribution in [0.1, 0.15) is 17.2 Å². The summed E-state index contributed by atoms with van der Waals surface area (Å²) in [5.41, 5.74) is 1.30. The van der Waals surface area contributed by atoms with E-state index < -0.39 is 23.5 Å². The maximum atomic E-state index is 13.8. The molecule has 0 saturated carbocycles. The zero-order chi connectivity index (χ0) is 24.7. The van der Waals surface area contributed by atoms with Crippen LogP contribution in [-0.4, -0.2) is 36.0 Å². The largest absolute Gasteiger partial charge is 0.507 e. The second kappa shape index (κ2) is 8.84. The number of aromatic nitrogens is 1. The third-order valence-corrected chi connectivity index (χ3v) is 6.78. The first-order valence-corrected chi connectivity index (χ1v) is 11.4. The van der Waals surface area contributed by atoms with E-state index in [4.69, 9.17) is 9.47 Å². The third kappa shape index (κ3) is 3.79. The third-order valence-electron chi connectivity index (χ3n) is 5.76. The Bertz CT molecular complexity index is 1500. The van der Waals surface area contributed by atoms with Crippen LogP contribution in [0.5, 0.6) is 11.5 Å². The minimum absolute atomic E-state index is 0.0844. The Morgan fingerprint density at radius 1 is 1.00 bits per heavy atom. The van der Waals surface area contributed by atoms with Crippen molar-refractivity contribution in [1.82, 2.24) is 4.98 Å². The van der Waals surface area contributed by atoms with Crippen LogP contribution in [0.3, 0.4) is 0 Å². The molecule has 176 valence electrons. The van der Waals surface area contributed by atoms with Crippen molar-refractivity contribution in [3.63, 3.8) is 0 Å². The molecule has 1 amide bonds. The molecule has 2 heterocycles. The van der Waals surface area contributed by atoms with E-state index in [-0.39, 0.29) is 16.5 Å². The van der Waals surface area contributed by atoms with E-state index in [0.717, 1.165) is 11.3 Å². The molecule has 1 saturated heterocycles. The highest BCUT2D eigenvalue weighted by atomic mass is 32.1. The van der Waals surface area contributed by atoms with Gasteiger partial charge in [0.25, 0.3) is 5.78 Å². The fraction of sp³-hybridized carbons (Fsp3) is 0.115. The molecule has 35 heavy (non-hydrogen) atoms. The molecule has 7 nitrogen and oxygen atoms in total. The first-order chi connectivity index (χ1) is 16.9. The van der Waals surface area contributed by atoms with Gasteiger partial charge in [0.1, 0.15) is 11.6 Å². The molecule has 1 aliphatic heterocycles. The number of nitrogens with zero attached hydrogens (tertiary/aromatic N) is 2. The zero-order valence-electron chi connectivity index (χ0n) is 18.7. The molecule has 5 rings (SSSR count). The van der Waals surface area contributed by atoms with Crippen molar-refractivity contribution >= 4 is 44.1 Å². The summed E-state index contributed by atoms with van der Waals surface area (Å²) in [7, 11) is 2.98. The van der Waals surface area contributed by atoms with Gasteiger partial charge in [-0.1, -0.05) is 47.7 Å². The Morgan fingerprint density at radius 3 is 2.46 bits per heavy atom. The molecule has 0 bridgehead atoms. The fourth-order valence-corrected chi connectivity index (χ4v) is 5.13. The van der Waals surface area contributed by atoms with Gasteiger partial charge in [-0.05, 0) is 35.9 Å². The molecule has 1 unspecified atom stereocenters. The second-order valence-corrected chi connectivity index (χ2v) is 8.77. The first-order valence-electron chi connectivity index (χ1n) is 10.6. The average Bonchev–Trinajstić information content (AvgIpc) is 3.41. The lowest BCUT2D eigenvalue weighted by atomic mass is 9.95. The normalized spacial score (nSPS) is 17.2. The maximum absolute atomic E-state index is 13.8. The van der Waals surface area contributed by atoms with Crippen LogP contribution in [0.25, 0.3) is 16.0 Å². The summed E-state index contributed by atoms with van der Waals surface area (Å²) in [4.78, 5) is 32.3. The van der Waals surface area contributed by atoms with Crippen LogP contribution >= 0.6 is 11.3 Å². The highest BCUT2D eigenvalue weighted by Gasteiger charge is 2.48. The van der Waals surface area contributed by atoms with Gasteiger partial charge in [0.15, 0.2) is 16.6 Å². The minimum Gasteiger partial charge on any atom is -0.507 e. The molecule has 0 aliphatic carbocycles. The van der Waals surface area contributed by atoms with Crippen molar-refractivity contribution in [3.05, 3.63) is 89.2 Å². The van der Waals surface area contributed by atoms with Crippen LogP contribution in [0.2, 0.25) is 0 Å². The fourth-order valence-electron chi connectivity index (χ4n) is 4.11. The van der Waals surface area contributed by atoms with Crippen molar-refractivity contribution in [2.45, 2.75) is 6.04 Å². The number of thiazole rings is 1. The molecule has 4 aromatic rings. The predicted octanol–water partition coefficient (Wildman–Crippen LogP) is 5.08. The molecule has 1 aromatic heterocycles. The lowest BCUT2D eigenvalue weighted by Crippen LogP contribution is -2.29. The standard InChI is InChI=1S/C26H19FN2O5S/c1-33-18-11-8-15(12-19(18)34-2)22-21(23(30)14-6-4-3-5-7-14)24(31)25(32)29(22)26-28-17-10-9-16(27)13-20(17)35-26/h3-13,22,30H,1-2H3/b23-21+. The number of ketones is 1. The Kier molecular flexibility index (Phi) is 5.70. The van der Waals surface area contributed by atoms with Crippen molar-refractivity contribution in [2.24, 2.45) is 0 Å². The lowest BCUT2D eigenvalue weighted by molar-refractivity contribution is -0.132. The molecule has 0 spiro atoms. The average molecular weight is 491 g/mol. The molecule has 0 radical (unpaired) electrons. The van der Waals surface area contributed by atoms with Crippen LogP contribution < -0.4 is 14.4 Å². The summed E-state index contributed by atoms with van der Waals surface area (Å²) >= 11 is 1.08. The smallest absolute Gasteiger partial charge is 0.301 e. The van der Waals surface area contributed by atoms with Gasteiger partial charge in [-0.25, -0.2) is 9.37 Å². The van der Waals surface area contributed by atoms with E-state index in [0.29, 0.717) is 32.8 Å². The van der Waals surface area contributed by atoms with Gasteiger partial charge >= 0.3 is 5.91 Å². The number of halogens is 1. The van der Waals surface area contributed by atoms with Crippen molar-refractivity contribution < 1.29 is 28.6 Å². The summed E-state index contributed by atoms with van der Waals surface area (Å²) in [6.07, 6.45) is 0. The highest BCUT2D eigenvalue weighted by molar-refractivity contribution is 7.22. The zero-order valence-corrected chi connectivity index (χ0v) is 19.5. The van der Waals surface area contributed by atoms with Gasteiger partial charge in [0.2, 0.25) is 0 Å². The molecule has 9 heteroatoms. The molecule has 1 aliphatic rings. The number of hydrogen-bond donors (Lipinski definition) is 1. The number of benzene rings is 3. The number of carbonyl (C=O) groups excluding carboxylic acids is 2. The number of ether oxygens (including phenoxy) is 2. The quantitative estimate of drug-likeness (QED) is 0.239. The molecular weight excluding hydrogens is 471 g/mol. The van der Waals surface area contributed by atoms with Crippen LogP contribution in [0, 0.1) is 5.82 Å². The van der Waals surface area contributed by atoms with E-state index >= 15 is 0 Å². The number of methoxy groups -OCH3 is 2. The molecule has 1 atom stereocenters. The van der Waals surface area contributed by atoms with Gasteiger partial charge in [-0.2, -0.15) is 0 Å². The van der Waals surface area contributed by atoms with Crippen LogP contribution in [0.15, 0.2) is 72.3 Å². The van der Waals surface area contributed by atoms with Crippen LogP contribution in [-0.2, 0) is 9.59 Å². The van der Waals surface area contributed by atoms with E-state index in [9.17, 15) is 19.1 Å². The second-order valence-electron chi connectivity index (χ2n) is 7.76. The molecule has 3 aromatic carbocycles. The van der Waals surface area contributed by atoms with E-state index in [1.807, 2.05) is 0 Å². The van der Waals surface area contributed by atoms with Gasteiger partial charge in [0, 0.05) is 5.56 Å². The SMILES string of the molecule is COc1ccc(C2/C(=C(\O)c3ccccc3)C(=O)C(=O)N2c2nc3ccc(F)cc3s2)cc1OC. The molecular formula is C26H19FN2O5S. The van der Waals surface area contributed by atoms with E-state index in [1.165, 1.54) is 37.3 Å². The molecule has 1 N–H and O–H groups in total. The van der Waals surface area contributed by atoms with Gasteiger partial charge in [-0.3, -0.25) is 14.5 Å². The Hall–Kier alpha value is -4.24. The number of amides is 1. The number of rotatable bonds is 5. The lowest BCUT2D eigenvalue weighted by Gasteiger charge is -2.23. The number of carbonyl (C=O) groups is 2. The summed E-state index contributed by atoms with van der Waals surface area (Å²) < 4.78 is 25.1. The Labute approximate surface area is 203 Å². The van der Waals surface area contributed by atoms with E-state index in [1.54, 1.807) is 48.5 Å². The predicted molar refractivity (Wildman–Crippen MR) is 130 cm³/mol. The van der Waals surface area contributed by atoms with Gasteiger partial charge < -0.3 is 14.6 Å². The molecule has 1 fully saturated rings. The number of aliphatic hydroxyl groups excluding tert-OH is 1. The summed E-state index contributed by atoms with van der Waals surface area (Å²) in [5, 5.41) is 11.4. The topological polar surface area (TPSA) is 89.0 Å².